The molecule has 6 heteroatoms. The molecule has 1 N–H and O–H groups in total. The lowest BCUT2D eigenvalue weighted by Gasteiger charge is -2.27. The Morgan fingerprint density at radius 2 is 1.75 bits per heavy atom. The van der Waals surface area contributed by atoms with E-state index >= 15 is 0 Å². The summed E-state index contributed by atoms with van der Waals surface area (Å²) in [5.41, 5.74) is 4.79. The first kappa shape index (κ1) is 14.0. The normalized spacial score (nSPS) is 13.5. The molecule has 0 radical (unpaired) electrons. The minimum atomic E-state index is -0.330. The highest BCUT2D eigenvalue weighted by Crippen LogP contribution is 2.20. The zero-order valence-electron chi connectivity index (χ0n) is 10.4. The zero-order chi connectivity index (χ0) is 13.2. The van der Waals surface area contributed by atoms with Crippen LogP contribution in [0.2, 0.25) is 0 Å². The van der Waals surface area contributed by atoms with Crippen molar-refractivity contribution in [2.45, 2.75) is 6.42 Å². The number of nitrogens with one attached hydrogen (secondary N) is 1. The molecule has 2 amide bonds. The predicted molar refractivity (Wildman–Crippen MR) is 76.4 cm³/mol. The van der Waals surface area contributed by atoms with Gasteiger partial charge < -0.3 is 0 Å². The van der Waals surface area contributed by atoms with Crippen LogP contribution in [-0.4, -0.2) is 21.8 Å². The van der Waals surface area contributed by atoms with Gasteiger partial charge >= 0.3 is 0 Å². The van der Waals surface area contributed by atoms with Crippen LogP contribution in [0.5, 0.6) is 0 Å². The highest BCUT2D eigenvalue weighted by atomic mass is 35.5. The maximum Gasteiger partial charge on any atom is 0.279 e. The summed E-state index contributed by atoms with van der Waals surface area (Å²) in [7, 11) is 0. The number of nitrogens with zero attached hydrogens (tertiary/aromatic N) is 2. The van der Waals surface area contributed by atoms with Gasteiger partial charge in [0.25, 0.3) is 11.8 Å². The van der Waals surface area contributed by atoms with Crippen molar-refractivity contribution in [1.29, 1.82) is 0 Å². The summed E-state index contributed by atoms with van der Waals surface area (Å²) in [5, 5.41) is 1.05. The number of carbonyl (C=O) groups is 2. The average molecular weight is 290 g/mol. The summed E-state index contributed by atoms with van der Waals surface area (Å²) in [5.74, 6) is -0.593. The van der Waals surface area contributed by atoms with Crippen molar-refractivity contribution >= 4 is 29.9 Å². The van der Waals surface area contributed by atoms with Crippen molar-refractivity contribution < 1.29 is 9.59 Å². The molecule has 0 fully saturated rings. The van der Waals surface area contributed by atoms with Gasteiger partial charge in [0, 0.05) is 18.0 Å². The molecule has 0 saturated heterocycles. The molecule has 0 saturated carbocycles. The van der Waals surface area contributed by atoms with Crippen molar-refractivity contribution in [1.82, 2.24) is 9.99 Å². The number of hydrogen-bond acceptors (Lipinski definition) is 4. The fraction of sp³-hybridized carbons (Fsp3) is 0.0714. The van der Waals surface area contributed by atoms with Gasteiger partial charge in [0.05, 0.1) is 12.1 Å². The molecule has 0 unspecified atom stereocenters. The van der Waals surface area contributed by atoms with E-state index in [9.17, 15) is 9.59 Å². The number of carbonyl (C=O) groups excluding carboxylic acids is 2. The molecule has 0 aliphatic carbocycles. The first-order valence-corrected chi connectivity index (χ1v) is 5.87. The van der Waals surface area contributed by atoms with Gasteiger partial charge in [-0.1, -0.05) is 18.2 Å². The molecule has 20 heavy (non-hydrogen) atoms. The molecule has 3 rings (SSSR count). The van der Waals surface area contributed by atoms with E-state index in [4.69, 9.17) is 0 Å². The highest BCUT2D eigenvalue weighted by molar-refractivity contribution is 6.10. The van der Waals surface area contributed by atoms with Gasteiger partial charge in [-0.15, -0.1) is 12.4 Å². The Labute approximate surface area is 122 Å². The second-order valence-electron chi connectivity index (χ2n) is 4.22. The Bertz CT molecular complexity index is 646. The van der Waals surface area contributed by atoms with Crippen LogP contribution in [0.4, 0.5) is 5.69 Å². The number of anilines is 1. The van der Waals surface area contributed by atoms with Crippen LogP contribution in [0.3, 0.4) is 0 Å². The van der Waals surface area contributed by atoms with Crippen molar-refractivity contribution in [3.05, 3.63) is 59.9 Å². The van der Waals surface area contributed by atoms with E-state index in [0.29, 0.717) is 11.3 Å². The number of halogens is 1. The third-order valence-electron chi connectivity index (χ3n) is 2.96. The Kier molecular flexibility index (Phi) is 4.00. The van der Waals surface area contributed by atoms with Crippen LogP contribution in [-0.2, 0) is 11.2 Å². The lowest BCUT2D eigenvalue weighted by atomic mass is 10.00. The number of fused-ring (bicyclic) bond motifs is 1. The van der Waals surface area contributed by atoms with Crippen LogP contribution in [0.15, 0.2) is 48.8 Å². The van der Waals surface area contributed by atoms with Gasteiger partial charge in [-0.05, 0) is 23.8 Å². The summed E-state index contributed by atoms with van der Waals surface area (Å²) >= 11 is 0. The molecule has 1 aliphatic heterocycles. The fourth-order valence-corrected chi connectivity index (χ4v) is 2.03. The van der Waals surface area contributed by atoms with Gasteiger partial charge in [-0.25, -0.2) is 0 Å². The molecule has 0 spiro atoms. The van der Waals surface area contributed by atoms with Gasteiger partial charge in [-0.3, -0.25) is 20.0 Å². The summed E-state index contributed by atoms with van der Waals surface area (Å²) in [4.78, 5) is 28.1. The van der Waals surface area contributed by atoms with Gasteiger partial charge in [0.15, 0.2) is 0 Å². The number of amides is 2. The predicted octanol–water partition coefficient (Wildman–Crippen LogP) is 2.06. The van der Waals surface area contributed by atoms with E-state index in [0.717, 1.165) is 10.6 Å². The third-order valence-corrected chi connectivity index (χ3v) is 2.96. The lowest BCUT2D eigenvalue weighted by molar-refractivity contribution is -0.127. The van der Waals surface area contributed by atoms with E-state index < -0.39 is 0 Å². The van der Waals surface area contributed by atoms with E-state index in [1.807, 2.05) is 6.07 Å². The van der Waals surface area contributed by atoms with Gasteiger partial charge in [0.2, 0.25) is 0 Å². The molecule has 0 bridgehead atoms. The van der Waals surface area contributed by atoms with Crippen LogP contribution in [0.1, 0.15) is 15.9 Å². The Morgan fingerprint density at radius 3 is 2.50 bits per heavy atom. The molecule has 1 aliphatic rings. The van der Waals surface area contributed by atoms with Crippen molar-refractivity contribution in [2.75, 3.05) is 5.43 Å². The Balaban J connectivity index is 0.00000147. The number of pyridine rings is 1. The Morgan fingerprint density at radius 1 is 1.05 bits per heavy atom. The highest BCUT2D eigenvalue weighted by Gasteiger charge is 2.30. The molecular weight excluding hydrogens is 278 g/mol. The second-order valence-corrected chi connectivity index (χ2v) is 4.22. The van der Waals surface area contributed by atoms with Crippen LogP contribution >= 0.6 is 12.4 Å². The summed E-state index contributed by atoms with van der Waals surface area (Å²) < 4.78 is 0. The molecule has 1 aromatic carbocycles. The molecular formula is C14H12ClN3O2. The number of rotatable bonds is 2. The second kappa shape index (κ2) is 5.71. The summed E-state index contributed by atoms with van der Waals surface area (Å²) in [6, 6.07) is 10.5. The van der Waals surface area contributed by atoms with Crippen molar-refractivity contribution in [3.63, 3.8) is 0 Å². The SMILES string of the molecule is Cl.O=C1Cc2ccccc2C(=O)N1Nc1ccncc1. The average Bonchev–Trinajstić information content (AvgIpc) is 2.45. The topological polar surface area (TPSA) is 62.3 Å². The number of aromatic nitrogens is 1. The molecule has 5 nitrogen and oxygen atoms in total. The summed E-state index contributed by atoms with van der Waals surface area (Å²) in [6.07, 6.45) is 3.41. The third kappa shape index (κ3) is 2.48. The van der Waals surface area contributed by atoms with E-state index in [-0.39, 0.29) is 30.6 Å². The standard InChI is InChI=1S/C14H11N3O2.ClH/c18-13-9-10-3-1-2-4-12(10)14(19)17(13)16-11-5-7-15-8-6-11;/h1-8H,9H2,(H,15,16);1H. The number of benzene rings is 1. The number of hydrazine groups is 1. The van der Waals surface area contributed by atoms with Crippen molar-refractivity contribution in [2.24, 2.45) is 0 Å². The smallest absolute Gasteiger partial charge is 0.279 e. The van der Waals surface area contributed by atoms with Gasteiger partial charge in [-0.2, -0.15) is 5.01 Å². The molecule has 2 aromatic rings. The number of hydrogen-bond donors (Lipinski definition) is 1. The molecule has 2 heterocycles. The van der Waals surface area contributed by atoms with Gasteiger partial charge in [0.1, 0.15) is 0 Å². The zero-order valence-corrected chi connectivity index (χ0v) is 11.3. The van der Waals surface area contributed by atoms with Crippen LogP contribution < -0.4 is 5.43 Å². The molecule has 102 valence electrons. The van der Waals surface area contributed by atoms with Crippen LogP contribution in [0, 0.1) is 0 Å². The van der Waals surface area contributed by atoms with E-state index in [1.54, 1.807) is 42.7 Å². The maximum absolute atomic E-state index is 12.3. The minimum Gasteiger partial charge on any atom is -0.288 e. The monoisotopic (exact) mass is 289 g/mol. The molecule has 1 aromatic heterocycles. The first-order chi connectivity index (χ1) is 9.25. The number of imide groups is 1. The van der Waals surface area contributed by atoms with Crippen molar-refractivity contribution in [3.8, 4) is 0 Å². The van der Waals surface area contributed by atoms with Crippen LogP contribution in [0.25, 0.3) is 0 Å². The van der Waals surface area contributed by atoms with E-state index in [2.05, 4.69) is 10.4 Å². The lowest BCUT2D eigenvalue weighted by Crippen LogP contribution is -2.45. The quantitative estimate of drug-likeness (QED) is 0.860. The van der Waals surface area contributed by atoms with E-state index in [1.165, 1.54) is 0 Å². The minimum absolute atomic E-state index is 0. The Hall–Kier alpha value is -2.40. The molecule has 0 atom stereocenters. The first-order valence-electron chi connectivity index (χ1n) is 5.87. The maximum atomic E-state index is 12.3. The summed E-state index contributed by atoms with van der Waals surface area (Å²) in [6.45, 7) is 0. The fourth-order valence-electron chi connectivity index (χ4n) is 2.03. The largest absolute Gasteiger partial charge is 0.288 e.